The smallest absolute Gasteiger partial charge is 0.319 e. The second-order valence-electron chi connectivity index (χ2n) is 14.1. The maximum absolute atomic E-state index is 14.3. The topological polar surface area (TPSA) is 123 Å². The van der Waals surface area contributed by atoms with Crippen LogP contribution in [-0.4, -0.2) is 123 Å². The number of ketones is 2. The molecule has 0 radical (unpaired) electrons. The van der Waals surface area contributed by atoms with Crippen molar-refractivity contribution in [3.05, 3.63) is 0 Å². The molecule has 0 aliphatic carbocycles. The Morgan fingerprint density at radius 1 is 0.851 bits per heavy atom. The van der Waals surface area contributed by atoms with E-state index in [1.54, 1.807) is 38.1 Å². The van der Waals surface area contributed by atoms with Crippen molar-refractivity contribution in [2.24, 2.45) is 29.6 Å². The molecule has 1 saturated heterocycles. The van der Waals surface area contributed by atoms with E-state index >= 15 is 0 Å². The molecule has 0 bridgehead atoms. The van der Waals surface area contributed by atoms with Gasteiger partial charge in [0, 0.05) is 52.5 Å². The number of likely N-dealkylation sites (N-methyl/N-ethyl adjacent to an activating group) is 2. The lowest BCUT2D eigenvalue weighted by Gasteiger charge is -2.41. The Balaban J connectivity index is 3.29. The molecule has 1 rings (SSSR count). The average Bonchev–Trinajstić information content (AvgIpc) is 3.51. The number of rotatable bonds is 21. The van der Waals surface area contributed by atoms with Crippen molar-refractivity contribution < 1.29 is 38.2 Å². The van der Waals surface area contributed by atoms with Crippen molar-refractivity contribution >= 4 is 29.4 Å². The fourth-order valence-electron chi connectivity index (χ4n) is 7.36. The highest BCUT2D eigenvalue weighted by atomic mass is 16.5. The minimum atomic E-state index is -0.594. The van der Waals surface area contributed by atoms with Crippen molar-refractivity contribution in [1.82, 2.24) is 14.7 Å². The molecule has 1 aliphatic heterocycles. The van der Waals surface area contributed by atoms with Crippen molar-refractivity contribution in [3.8, 4) is 0 Å². The lowest BCUT2D eigenvalue weighted by Crippen LogP contribution is -2.54. The van der Waals surface area contributed by atoms with Gasteiger partial charge in [-0.15, -0.1) is 0 Å². The fraction of sp³-hybridized carbons (Fsp3) is 0.861. The first-order valence-electron chi connectivity index (χ1n) is 17.5. The molecule has 0 aromatic rings. The van der Waals surface area contributed by atoms with Crippen molar-refractivity contribution in [2.75, 3.05) is 48.5 Å². The number of amides is 2. The van der Waals surface area contributed by atoms with Gasteiger partial charge in [-0.1, -0.05) is 61.8 Å². The van der Waals surface area contributed by atoms with Crippen molar-refractivity contribution in [1.29, 1.82) is 0 Å². The molecule has 1 heterocycles. The Bertz CT molecular complexity index is 1030. The third-order valence-electron chi connectivity index (χ3n) is 10.3. The van der Waals surface area contributed by atoms with E-state index < -0.39 is 36.2 Å². The molecule has 0 saturated carbocycles. The van der Waals surface area contributed by atoms with Crippen LogP contribution in [0.25, 0.3) is 0 Å². The van der Waals surface area contributed by atoms with Gasteiger partial charge in [0.25, 0.3) is 0 Å². The Labute approximate surface area is 284 Å². The van der Waals surface area contributed by atoms with E-state index in [-0.39, 0.29) is 72.5 Å². The van der Waals surface area contributed by atoms with Crippen LogP contribution >= 0.6 is 0 Å². The monoisotopic (exact) mass is 667 g/mol. The second-order valence-corrected chi connectivity index (χ2v) is 14.1. The second kappa shape index (κ2) is 20.2. The van der Waals surface area contributed by atoms with Crippen LogP contribution in [-0.2, 0) is 38.2 Å². The lowest BCUT2D eigenvalue weighted by molar-refractivity contribution is -0.149. The van der Waals surface area contributed by atoms with Gasteiger partial charge in [-0.2, -0.15) is 0 Å². The van der Waals surface area contributed by atoms with Crippen LogP contribution in [0.2, 0.25) is 0 Å². The van der Waals surface area contributed by atoms with E-state index in [0.29, 0.717) is 13.0 Å². The van der Waals surface area contributed by atoms with Gasteiger partial charge in [0.15, 0.2) is 5.78 Å². The minimum absolute atomic E-state index is 0.00288. The van der Waals surface area contributed by atoms with Gasteiger partial charge in [-0.3, -0.25) is 28.9 Å². The molecule has 272 valence electrons. The summed E-state index contributed by atoms with van der Waals surface area (Å²) in [5.41, 5.74) is 0. The molecule has 11 nitrogen and oxygen atoms in total. The summed E-state index contributed by atoms with van der Waals surface area (Å²) in [5.74, 6) is -1.81. The first-order valence-corrected chi connectivity index (χ1v) is 17.5. The quantitative estimate of drug-likeness (QED) is 0.165. The number of carbonyl (C=O) groups is 5. The highest BCUT2D eigenvalue weighted by Gasteiger charge is 2.43. The molecule has 0 unspecified atom stereocenters. The molecule has 2 amide bonds. The Hall–Kier alpha value is -2.37. The molecule has 11 heteroatoms. The summed E-state index contributed by atoms with van der Waals surface area (Å²) in [6.45, 7) is 16.1. The maximum atomic E-state index is 14.3. The molecule has 0 aromatic carbocycles. The van der Waals surface area contributed by atoms with E-state index in [9.17, 15) is 24.0 Å². The van der Waals surface area contributed by atoms with Gasteiger partial charge in [0.2, 0.25) is 11.8 Å². The van der Waals surface area contributed by atoms with Crippen LogP contribution in [0.5, 0.6) is 0 Å². The molecule has 0 spiro atoms. The van der Waals surface area contributed by atoms with Crippen molar-refractivity contribution in [3.63, 3.8) is 0 Å². The number of hydrogen-bond donors (Lipinski definition) is 0. The van der Waals surface area contributed by atoms with Crippen LogP contribution < -0.4 is 0 Å². The summed E-state index contributed by atoms with van der Waals surface area (Å²) >= 11 is 0. The van der Waals surface area contributed by atoms with Crippen molar-refractivity contribution in [2.45, 2.75) is 124 Å². The zero-order valence-corrected chi connectivity index (χ0v) is 31.5. The molecule has 1 aliphatic rings. The number of ether oxygens (including phenoxy) is 3. The highest BCUT2D eigenvalue weighted by molar-refractivity contribution is 5.90. The first kappa shape index (κ1) is 42.7. The third-order valence-corrected chi connectivity index (χ3v) is 10.3. The molecular formula is C36H65N3O8. The summed E-state index contributed by atoms with van der Waals surface area (Å²) < 4.78 is 16.6. The molecule has 47 heavy (non-hydrogen) atoms. The largest absolute Gasteiger partial charge is 0.468 e. The predicted molar refractivity (Wildman–Crippen MR) is 183 cm³/mol. The summed E-state index contributed by atoms with van der Waals surface area (Å²) in [7, 11) is 7.95. The van der Waals surface area contributed by atoms with Gasteiger partial charge >= 0.3 is 5.97 Å². The van der Waals surface area contributed by atoms with E-state index in [0.717, 1.165) is 19.3 Å². The highest BCUT2D eigenvalue weighted by Crippen LogP contribution is 2.31. The number of Topliss-reactive ketones (excluding diaryl/α,β-unsaturated/α-hetero) is 2. The lowest BCUT2D eigenvalue weighted by atomic mass is 9.83. The minimum Gasteiger partial charge on any atom is -0.468 e. The summed E-state index contributed by atoms with van der Waals surface area (Å²) in [6, 6.07) is -1.18. The Kier molecular flexibility index (Phi) is 18.3. The molecular weight excluding hydrogens is 602 g/mol. The Morgan fingerprint density at radius 3 is 1.94 bits per heavy atom. The Morgan fingerprint density at radius 2 is 1.47 bits per heavy atom. The zero-order chi connectivity index (χ0) is 36.2. The summed E-state index contributed by atoms with van der Waals surface area (Å²) in [6.07, 6.45) is 1.88. The number of likely N-dealkylation sites (tertiary alicyclic amines) is 1. The van der Waals surface area contributed by atoms with Gasteiger partial charge in [-0.25, -0.2) is 0 Å². The van der Waals surface area contributed by atoms with Crippen LogP contribution in [0.3, 0.4) is 0 Å². The molecule has 0 N–H and O–H groups in total. The number of hydrogen-bond acceptors (Lipinski definition) is 9. The van der Waals surface area contributed by atoms with Crippen LogP contribution in [0.1, 0.15) is 93.9 Å². The third kappa shape index (κ3) is 11.3. The number of methoxy groups -OCH3 is 3. The van der Waals surface area contributed by atoms with Crippen LogP contribution in [0, 0.1) is 29.6 Å². The van der Waals surface area contributed by atoms with Gasteiger partial charge in [0.05, 0.1) is 50.4 Å². The molecule has 8 atom stereocenters. The normalized spacial score (nSPS) is 19.7. The van der Waals surface area contributed by atoms with Gasteiger partial charge < -0.3 is 24.0 Å². The fourth-order valence-corrected chi connectivity index (χ4v) is 7.36. The standard InChI is InChI=1S/C36H65N3O8/c1-14-24(7)34(30(45-11)20-31(42)39-18-16-17-27(39)35(47-13)25(8)28(40)15-2)38(10)36(44)26(22(3)4)19-29(41)33(23(5)6)37(9)21-32(43)46-12/h22-27,30,33-35H,14-21H2,1-13H3/t24-,25-,26-,27-,30+,33-,34-,35+/m0/s1. The zero-order valence-electron chi connectivity index (χ0n) is 31.5. The molecule has 0 aromatic heterocycles. The summed E-state index contributed by atoms with van der Waals surface area (Å²) in [5, 5.41) is 0. The van der Waals surface area contributed by atoms with Gasteiger partial charge in [-0.05, 0) is 37.6 Å². The number of carbonyl (C=O) groups excluding carboxylic acids is 5. The van der Waals surface area contributed by atoms with E-state index in [2.05, 4.69) is 6.92 Å². The predicted octanol–water partition coefficient (Wildman–Crippen LogP) is 4.25. The SMILES string of the molecule is CCC(=O)[C@H](C)[C@@H](OC)[C@@H]1CCCN1C(=O)C[C@@H](OC)[C@H]([C@@H](C)CC)N(C)C(=O)[C@@H](CC(=O)[C@H](C(C)C)N(C)CC(=O)OC)C(C)C. The van der Waals surface area contributed by atoms with Gasteiger partial charge in [0.1, 0.15) is 5.78 Å². The number of esters is 1. The van der Waals surface area contributed by atoms with Crippen LogP contribution in [0.4, 0.5) is 0 Å². The van der Waals surface area contributed by atoms with E-state index in [1.807, 2.05) is 53.4 Å². The van der Waals surface area contributed by atoms with E-state index in [4.69, 9.17) is 14.2 Å². The van der Waals surface area contributed by atoms with E-state index in [1.165, 1.54) is 7.11 Å². The van der Waals surface area contributed by atoms with Crippen LogP contribution in [0.15, 0.2) is 0 Å². The summed E-state index contributed by atoms with van der Waals surface area (Å²) in [4.78, 5) is 71.6. The average molecular weight is 668 g/mol. The molecule has 1 fully saturated rings. The number of nitrogens with zero attached hydrogens (tertiary/aromatic N) is 3. The maximum Gasteiger partial charge on any atom is 0.319 e. The first-order chi connectivity index (χ1) is 22.0.